The summed E-state index contributed by atoms with van der Waals surface area (Å²) < 4.78 is 8.37. The van der Waals surface area contributed by atoms with Crippen molar-refractivity contribution in [1.82, 2.24) is 19.7 Å². The lowest BCUT2D eigenvalue weighted by atomic mass is 10.6. The number of halogens is 1. The second-order valence-corrected chi connectivity index (χ2v) is 2.77. The number of rotatable bonds is 1. The average molecular weight is 189 g/mol. The topological polar surface area (TPSA) is 64.7 Å². The van der Waals surface area contributed by atoms with Gasteiger partial charge in [0.15, 0.2) is 0 Å². The third kappa shape index (κ3) is 1.22. The molecule has 2 aromatic rings. The Kier molecular flexibility index (Phi) is 1.55. The van der Waals surface area contributed by atoms with Gasteiger partial charge in [0.05, 0.1) is 6.20 Å². The number of hydrogen-bond acceptors (Lipinski definition) is 6. The molecule has 2 heterocycles. The van der Waals surface area contributed by atoms with Crippen molar-refractivity contribution in [2.24, 2.45) is 0 Å². The van der Waals surface area contributed by atoms with Crippen LogP contribution in [0.2, 0.25) is 5.28 Å². The molecule has 2 aromatic heterocycles. The number of hydrogen-bond donors (Lipinski definition) is 0. The molecule has 0 atom stereocenters. The van der Waals surface area contributed by atoms with Crippen LogP contribution >= 0.6 is 23.1 Å². The highest BCUT2D eigenvalue weighted by molar-refractivity contribution is 7.09. The van der Waals surface area contributed by atoms with Crippen LogP contribution in [0.25, 0.3) is 10.8 Å². The molecule has 0 saturated carbocycles. The predicted molar refractivity (Wildman–Crippen MR) is 38.2 cm³/mol. The molecule has 56 valence electrons. The Morgan fingerprint density at radius 3 is 3.00 bits per heavy atom. The summed E-state index contributed by atoms with van der Waals surface area (Å²) >= 11 is 6.60. The molecule has 5 nitrogen and oxygen atoms in total. The molecule has 0 radical (unpaired) electrons. The minimum absolute atomic E-state index is 0.0911. The van der Waals surface area contributed by atoms with E-state index in [-0.39, 0.29) is 5.28 Å². The van der Waals surface area contributed by atoms with E-state index in [4.69, 9.17) is 16.1 Å². The molecule has 0 aliphatic heterocycles. The SMILES string of the molecule is Clc1noc(-c2cnns2)n1. The molecular formula is C4HClN4OS. The van der Waals surface area contributed by atoms with Gasteiger partial charge in [-0.05, 0) is 28.3 Å². The van der Waals surface area contributed by atoms with Crippen LogP contribution in [0.5, 0.6) is 0 Å². The van der Waals surface area contributed by atoms with Crippen LogP contribution in [-0.2, 0) is 0 Å². The minimum atomic E-state index is 0.0911. The fourth-order valence-electron chi connectivity index (χ4n) is 0.567. The normalized spacial score (nSPS) is 10.3. The lowest BCUT2D eigenvalue weighted by Gasteiger charge is -1.77. The van der Waals surface area contributed by atoms with Crippen molar-refractivity contribution in [2.75, 3.05) is 0 Å². The highest BCUT2D eigenvalue weighted by atomic mass is 35.5. The first kappa shape index (κ1) is 6.68. The van der Waals surface area contributed by atoms with Crippen molar-refractivity contribution < 1.29 is 4.52 Å². The van der Waals surface area contributed by atoms with E-state index in [0.717, 1.165) is 0 Å². The summed E-state index contributed by atoms with van der Waals surface area (Å²) in [5.74, 6) is 0.352. The van der Waals surface area contributed by atoms with Crippen LogP contribution in [0.15, 0.2) is 10.7 Å². The van der Waals surface area contributed by atoms with E-state index in [0.29, 0.717) is 10.8 Å². The summed E-state index contributed by atoms with van der Waals surface area (Å²) in [6, 6.07) is 0. The summed E-state index contributed by atoms with van der Waals surface area (Å²) in [6.07, 6.45) is 1.54. The van der Waals surface area contributed by atoms with Gasteiger partial charge >= 0.3 is 0 Å². The zero-order valence-corrected chi connectivity index (χ0v) is 6.63. The van der Waals surface area contributed by atoms with Crippen molar-refractivity contribution in [3.05, 3.63) is 11.5 Å². The number of aromatic nitrogens is 4. The lowest BCUT2D eigenvalue weighted by molar-refractivity contribution is 0.431. The van der Waals surface area contributed by atoms with E-state index in [9.17, 15) is 0 Å². The Hall–Kier alpha value is -1.01. The van der Waals surface area contributed by atoms with Crippen LogP contribution < -0.4 is 0 Å². The first-order valence-corrected chi connectivity index (χ1v) is 3.78. The Balaban J connectivity index is 2.45. The maximum atomic E-state index is 5.43. The largest absolute Gasteiger partial charge is 0.332 e. The molecule has 0 bridgehead atoms. The molecular weight excluding hydrogens is 188 g/mol. The van der Waals surface area contributed by atoms with Crippen molar-refractivity contribution in [3.8, 4) is 10.8 Å². The van der Waals surface area contributed by atoms with E-state index in [1.54, 1.807) is 0 Å². The quantitative estimate of drug-likeness (QED) is 0.674. The van der Waals surface area contributed by atoms with Crippen LogP contribution in [0, 0.1) is 0 Å². The first-order chi connectivity index (χ1) is 5.36. The minimum Gasteiger partial charge on any atom is -0.332 e. The Morgan fingerprint density at radius 2 is 2.45 bits per heavy atom. The van der Waals surface area contributed by atoms with Gasteiger partial charge in [0.1, 0.15) is 4.88 Å². The smallest absolute Gasteiger partial charge is 0.272 e. The zero-order valence-electron chi connectivity index (χ0n) is 5.06. The van der Waals surface area contributed by atoms with Gasteiger partial charge in [-0.3, -0.25) is 0 Å². The van der Waals surface area contributed by atoms with Gasteiger partial charge in [-0.1, -0.05) is 4.49 Å². The van der Waals surface area contributed by atoms with Gasteiger partial charge in [0.25, 0.3) is 11.2 Å². The molecule has 0 fully saturated rings. The fourth-order valence-corrected chi connectivity index (χ4v) is 1.12. The molecule has 0 amide bonds. The maximum Gasteiger partial charge on any atom is 0.272 e. The van der Waals surface area contributed by atoms with Crippen LogP contribution in [0.3, 0.4) is 0 Å². The highest BCUT2D eigenvalue weighted by Gasteiger charge is 2.08. The Bertz CT molecular complexity index is 345. The van der Waals surface area contributed by atoms with Gasteiger partial charge in [0, 0.05) is 0 Å². The molecule has 0 unspecified atom stereocenters. The lowest BCUT2D eigenvalue weighted by Crippen LogP contribution is -1.68. The van der Waals surface area contributed by atoms with Crippen LogP contribution in [-0.4, -0.2) is 19.7 Å². The second-order valence-electron chi connectivity index (χ2n) is 1.65. The summed E-state index contributed by atoms with van der Waals surface area (Å²) in [5, 5.41) is 7.10. The van der Waals surface area contributed by atoms with Gasteiger partial charge in [0.2, 0.25) is 0 Å². The Morgan fingerprint density at radius 1 is 1.55 bits per heavy atom. The van der Waals surface area contributed by atoms with Gasteiger partial charge in [-0.25, -0.2) is 0 Å². The molecule has 0 aliphatic carbocycles. The van der Waals surface area contributed by atoms with E-state index in [1.165, 1.54) is 17.7 Å². The summed E-state index contributed by atoms with van der Waals surface area (Å²) in [7, 11) is 0. The van der Waals surface area contributed by atoms with Gasteiger partial charge < -0.3 is 4.52 Å². The monoisotopic (exact) mass is 188 g/mol. The van der Waals surface area contributed by atoms with Crippen LogP contribution in [0.4, 0.5) is 0 Å². The maximum absolute atomic E-state index is 5.43. The zero-order chi connectivity index (χ0) is 7.68. The molecule has 0 N–H and O–H groups in total. The molecule has 0 saturated heterocycles. The summed E-state index contributed by atoms with van der Waals surface area (Å²) in [6.45, 7) is 0. The molecule has 0 aliphatic rings. The molecule has 2 rings (SSSR count). The van der Waals surface area contributed by atoms with Gasteiger partial charge in [-0.15, -0.1) is 5.10 Å². The van der Waals surface area contributed by atoms with Crippen LogP contribution in [0.1, 0.15) is 0 Å². The molecule has 7 heteroatoms. The first-order valence-electron chi connectivity index (χ1n) is 2.63. The standard InChI is InChI=1S/C4HClN4OS/c5-4-7-3(10-8-4)2-1-6-9-11-2/h1H. The Labute approximate surface area is 70.2 Å². The van der Waals surface area contributed by atoms with E-state index < -0.39 is 0 Å². The fraction of sp³-hybridized carbons (Fsp3) is 0. The predicted octanol–water partition coefficient (Wildman–Crippen LogP) is 1.24. The van der Waals surface area contributed by atoms with Crippen molar-refractivity contribution in [2.45, 2.75) is 0 Å². The van der Waals surface area contributed by atoms with Crippen molar-refractivity contribution >= 4 is 23.1 Å². The van der Waals surface area contributed by atoms with E-state index in [1.807, 2.05) is 0 Å². The number of nitrogens with zero attached hydrogens (tertiary/aromatic N) is 4. The van der Waals surface area contributed by atoms with E-state index in [2.05, 4.69) is 19.7 Å². The third-order valence-electron chi connectivity index (χ3n) is 0.973. The summed E-state index contributed by atoms with van der Waals surface area (Å²) in [5.41, 5.74) is 0. The molecule has 0 spiro atoms. The summed E-state index contributed by atoms with van der Waals surface area (Å²) in [4.78, 5) is 4.48. The molecule has 0 aromatic carbocycles. The van der Waals surface area contributed by atoms with Crippen molar-refractivity contribution in [3.63, 3.8) is 0 Å². The highest BCUT2D eigenvalue weighted by Crippen LogP contribution is 2.19. The third-order valence-corrected chi connectivity index (χ3v) is 1.78. The average Bonchev–Trinajstić information content (AvgIpc) is 2.55. The molecule has 11 heavy (non-hydrogen) atoms. The second kappa shape index (κ2) is 2.55. The van der Waals surface area contributed by atoms with Crippen molar-refractivity contribution in [1.29, 1.82) is 0 Å². The van der Waals surface area contributed by atoms with Gasteiger partial charge in [-0.2, -0.15) is 4.98 Å². The van der Waals surface area contributed by atoms with E-state index >= 15 is 0 Å².